The molecule has 0 fully saturated rings. The molecule has 2 N–H and O–H groups in total. The van der Waals surface area contributed by atoms with Crippen LogP contribution in [0.2, 0.25) is 0 Å². The first-order chi connectivity index (χ1) is 19.6. The van der Waals surface area contributed by atoms with Gasteiger partial charge in [-0.15, -0.1) is 0 Å². The minimum atomic E-state index is -0.227. The number of aliphatic hydroxyl groups excluding tert-OH is 2. The molecular formula is C40H56O2. The Balaban J connectivity index is 1.90. The Labute approximate surface area is 257 Å². The SMILES string of the molecule is CC1=C(/C=C/C(C)=C\C=C\C(C)=C/C=C/C=C(C)\C=C\C=C(C)/C=C/C2=C(C)CC(O)CC2(C)C)C(C)(C)CC(O)C1. The number of allylic oxidation sites excluding steroid dienone is 20. The van der Waals surface area contributed by atoms with Crippen molar-refractivity contribution < 1.29 is 10.2 Å². The van der Waals surface area contributed by atoms with Gasteiger partial charge in [0.2, 0.25) is 0 Å². The molecule has 0 saturated heterocycles. The van der Waals surface area contributed by atoms with Crippen molar-refractivity contribution in [1.29, 1.82) is 0 Å². The maximum atomic E-state index is 10.1. The normalized spacial score (nSPS) is 25.0. The molecule has 0 bridgehead atoms. The van der Waals surface area contributed by atoms with Crippen molar-refractivity contribution in [3.63, 3.8) is 0 Å². The van der Waals surface area contributed by atoms with Crippen LogP contribution in [-0.2, 0) is 0 Å². The number of hydrogen-bond acceptors (Lipinski definition) is 2. The summed E-state index contributed by atoms with van der Waals surface area (Å²) in [5.41, 5.74) is 10.1. The monoisotopic (exact) mass is 568 g/mol. The highest BCUT2D eigenvalue weighted by Crippen LogP contribution is 2.42. The van der Waals surface area contributed by atoms with Crippen molar-refractivity contribution >= 4 is 0 Å². The van der Waals surface area contributed by atoms with Gasteiger partial charge in [-0.3, -0.25) is 0 Å². The van der Waals surface area contributed by atoms with Crippen LogP contribution in [0.5, 0.6) is 0 Å². The third-order valence-electron chi connectivity index (χ3n) is 8.24. The average Bonchev–Trinajstić information content (AvgIpc) is 2.84. The van der Waals surface area contributed by atoms with Crippen LogP contribution in [0.15, 0.2) is 130 Å². The lowest BCUT2D eigenvalue weighted by Gasteiger charge is -2.35. The highest BCUT2D eigenvalue weighted by atomic mass is 16.3. The molecule has 228 valence electrons. The van der Waals surface area contributed by atoms with Gasteiger partial charge in [-0.2, -0.15) is 0 Å². The number of hydrogen-bond donors (Lipinski definition) is 2. The highest BCUT2D eigenvalue weighted by Gasteiger charge is 2.32. The van der Waals surface area contributed by atoms with Crippen LogP contribution in [-0.4, -0.2) is 22.4 Å². The van der Waals surface area contributed by atoms with Crippen molar-refractivity contribution in [2.45, 2.75) is 107 Å². The van der Waals surface area contributed by atoms with Crippen LogP contribution in [0.25, 0.3) is 0 Å². The molecule has 2 aliphatic rings. The molecule has 0 radical (unpaired) electrons. The van der Waals surface area contributed by atoms with E-state index in [0.29, 0.717) is 0 Å². The number of rotatable bonds is 10. The van der Waals surface area contributed by atoms with Gasteiger partial charge in [-0.1, -0.05) is 146 Å². The topological polar surface area (TPSA) is 40.5 Å². The summed E-state index contributed by atoms with van der Waals surface area (Å²) in [6.45, 7) is 21.6. The van der Waals surface area contributed by atoms with E-state index in [1.807, 2.05) is 0 Å². The van der Waals surface area contributed by atoms with E-state index in [9.17, 15) is 10.2 Å². The third kappa shape index (κ3) is 11.7. The minimum Gasteiger partial charge on any atom is -0.393 e. The molecule has 2 aliphatic carbocycles. The molecular weight excluding hydrogens is 512 g/mol. The van der Waals surface area contributed by atoms with Crippen LogP contribution in [0, 0.1) is 10.8 Å². The first kappa shape index (κ1) is 35.3. The zero-order chi connectivity index (χ0) is 31.5. The summed E-state index contributed by atoms with van der Waals surface area (Å²) in [6.07, 6.45) is 32.6. The lowest BCUT2D eigenvalue weighted by Crippen LogP contribution is -2.28. The summed E-state index contributed by atoms with van der Waals surface area (Å²) in [5, 5.41) is 20.2. The summed E-state index contributed by atoms with van der Waals surface area (Å²) in [6, 6.07) is 0. The van der Waals surface area contributed by atoms with Crippen LogP contribution in [0.1, 0.15) is 94.9 Å². The largest absolute Gasteiger partial charge is 0.393 e. The predicted molar refractivity (Wildman–Crippen MR) is 184 cm³/mol. The van der Waals surface area contributed by atoms with Crippen molar-refractivity contribution in [2.75, 3.05) is 0 Å². The molecule has 0 aromatic carbocycles. The summed E-state index contributed by atoms with van der Waals surface area (Å²) in [5.74, 6) is 0. The Morgan fingerprint density at radius 3 is 1.19 bits per heavy atom. The molecule has 2 unspecified atom stereocenters. The Kier molecular flexibility index (Phi) is 13.5. The zero-order valence-corrected chi connectivity index (χ0v) is 28.0. The molecule has 2 nitrogen and oxygen atoms in total. The molecule has 0 saturated carbocycles. The van der Waals surface area contributed by atoms with Gasteiger partial charge in [0, 0.05) is 0 Å². The Bertz CT molecular complexity index is 1190. The van der Waals surface area contributed by atoms with Crippen LogP contribution in [0.3, 0.4) is 0 Å². The van der Waals surface area contributed by atoms with E-state index in [2.05, 4.69) is 154 Å². The lowest BCUT2D eigenvalue weighted by atomic mass is 9.71. The first-order valence-corrected chi connectivity index (χ1v) is 15.5. The van der Waals surface area contributed by atoms with Gasteiger partial charge in [0.1, 0.15) is 0 Å². The second-order valence-electron chi connectivity index (χ2n) is 13.7. The minimum absolute atomic E-state index is 0.00547. The molecule has 0 aliphatic heterocycles. The van der Waals surface area contributed by atoms with Crippen LogP contribution < -0.4 is 0 Å². The molecule has 0 spiro atoms. The average molecular weight is 569 g/mol. The van der Waals surface area contributed by atoms with E-state index in [-0.39, 0.29) is 23.0 Å². The van der Waals surface area contributed by atoms with Crippen molar-refractivity contribution in [1.82, 2.24) is 0 Å². The van der Waals surface area contributed by atoms with Gasteiger partial charge in [0.25, 0.3) is 0 Å². The molecule has 0 aromatic heterocycles. The maximum Gasteiger partial charge on any atom is 0.0585 e. The van der Waals surface area contributed by atoms with Gasteiger partial charge in [-0.05, 0) is 89.2 Å². The Hall–Kier alpha value is -2.94. The summed E-state index contributed by atoms with van der Waals surface area (Å²) >= 11 is 0. The maximum absolute atomic E-state index is 10.1. The fraction of sp³-hybridized carbons (Fsp3) is 0.450. The summed E-state index contributed by atoms with van der Waals surface area (Å²) < 4.78 is 0. The molecule has 2 heteroatoms. The molecule has 2 rings (SSSR count). The Morgan fingerprint density at radius 1 is 0.548 bits per heavy atom. The van der Waals surface area contributed by atoms with Crippen LogP contribution in [0.4, 0.5) is 0 Å². The van der Waals surface area contributed by atoms with Crippen LogP contribution >= 0.6 is 0 Å². The van der Waals surface area contributed by atoms with Gasteiger partial charge in [-0.25, -0.2) is 0 Å². The summed E-state index contributed by atoms with van der Waals surface area (Å²) in [4.78, 5) is 0. The second kappa shape index (κ2) is 16.1. The Morgan fingerprint density at radius 2 is 0.857 bits per heavy atom. The molecule has 0 heterocycles. The van der Waals surface area contributed by atoms with E-state index in [1.165, 1.54) is 44.6 Å². The molecule has 2 atom stereocenters. The summed E-state index contributed by atoms with van der Waals surface area (Å²) in [7, 11) is 0. The quantitative estimate of drug-likeness (QED) is 0.257. The third-order valence-corrected chi connectivity index (χ3v) is 8.24. The first-order valence-electron chi connectivity index (χ1n) is 15.5. The van der Waals surface area contributed by atoms with E-state index in [4.69, 9.17) is 0 Å². The smallest absolute Gasteiger partial charge is 0.0585 e. The van der Waals surface area contributed by atoms with E-state index in [0.717, 1.165) is 25.7 Å². The lowest BCUT2D eigenvalue weighted by molar-refractivity contribution is 0.116. The standard InChI is InChI=1S/C40H56O2/c1-29(17-13-19-31(3)21-23-37-33(5)25-35(41)27-39(37,7)8)15-11-12-16-30(2)18-14-20-32(4)22-24-38-34(6)26-36(42)28-40(38,9)10/h11-24,35-36,41-42H,25-28H2,1-10H3/b12-11+,17-13+,18-14+,23-21+,24-22+,29-15-,30-16-,31-19-,32-20-. The fourth-order valence-electron chi connectivity index (χ4n) is 6.13. The molecule has 42 heavy (non-hydrogen) atoms. The predicted octanol–water partition coefficient (Wildman–Crippen LogP) is 10.5. The molecule has 0 aromatic rings. The van der Waals surface area contributed by atoms with Gasteiger partial charge >= 0.3 is 0 Å². The fourth-order valence-corrected chi connectivity index (χ4v) is 6.13. The van der Waals surface area contributed by atoms with E-state index in [1.54, 1.807) is 0 Å². The zero-order valence-electron chi connectivity index (χ0n) is 28.0. The van der Waals surface area contributed by atoms with Gasteiger partial charge < -0.3 is 10.2 Å². The van der Waals surface area contributed by atoms with Crippen molar-refractivity contribution in [3.8, 4) is 0 Å². The molecule has 0 amide bonds. The van der Waals surface area contributed by atoms with E-state index < -0.39 is 0 Å². The number of aliphatic hydroxyl groups is 2. The highest BCUT2D eigenvalue weighted by molar-refractivity contribution is 5.39. The van der Waals surface area contributed by atoms with Crippen molar-refractivity contribution in [3.05, 3.63) is 130 Å². The van der Waals surface area contributed by atoms with Crippen molar-refractivity contribution in [2.24, 2.45) is 10.8 Å². The van der Waals surface area contributed by atoms with Gasteiger partial charge in [0.05, 0.1) is 12.2 Å². The second-order valence-corrected chi connectivity index (χ2v) is 13.7. The van der Waals surface area contributed by atoms with E-state index >= 15 is 0 Å². The van der Waals surface area contributed by atoms with Gasteiger partial charge in [0.15, 0.2) is 0 Å².